The van der Waals surface area contributed by atoms with E-state index in [4.69, 9.17) is 14.4 Å². The van der Waals surface area contributed by atoms with Gasteiger partial charge in [0.2, 0.25) is 5.88 Å². The van der Waals surface area contributed by atoms with Gasteiger partial charge < -0.3 is 14.3 Å². The number of rotatable bonds is 4. The zero-order chi connectivity index (χ0) is 18.2. The largest absolute Gasteiger partial charge is 0.481 e. The summed E-state index contributed by atoms with van der Waals surface area (Å²) in [5, 5.41) is 19.2. The number of carboxylic acid groups (broad SMARTS) is 1. The Morgan fingerprint density at radius 1 is 1.32 bits per heavy atom. The summed E-state index contributed by atoms with van der Waals surface area (Å²) in [6.45, 7) is 3.67. The second-order valence-electron chi connectivity index (χ2n) is 6.12. The molecule has 3 rings (SSSR count). The highest BCUT2D eigenvalue weighted by Crippen LogP contribution is 2.38. The fourth-order valence-corrected chi connectivity index (χ4v) is 2.81. The van der Waals surface area contributed by atoms with Gasteiger partial charge in [-0.2, -0.15) is 5.26 Å². The van der Waals surface area contributed by atoms with Gasteiger partial charge in [-0.05, 0) is 38.1 Å². The third-order valence-corrected chi connectivity index (χ3v) is 4.17. The summed E-state index contributed by atoms with van der Waals surface area (Å²) < 4.78 is 11.0. The maximum absolute atomic E-state index is 11.9. The standard InChI is InChI=1S/C19H16N2O4/c1-19(2,14-5-4-6-15(21-14)24-3)17-16(18(22)23)12-8-7-11(10-20)9-13(12)25-17/h4-9H,1-3H3,(H,22,23). The molecule has 0 bridgehead atoms. The number of nitriles is 1. The van der Waals surface area contributed by atoms with Gasteiger partial charge in [0, 0.05) is 11.5 Å². The van der Waals surface area contributed by atoms with Crippen molar-refractivity contribution < 1.29 is 19.1 Å². The summed E-state index contributed by atoms with van der Waals surface area (Å²) in [6.07, 6.45) is 0. The van der Waals surface area contributed by atoms with Crippen LogP contribution in [0.25, 0.3) is 11.0 Å². The van der Waals surface area contributed by atoms with Crippen molar-refractivity contribution in [3.05, 3.63) is 59.0 Å². The fourth-order valence-electron chi connectivity index (χ4n) is 2.81. The number of furan rings is 1. The lowest BCUT2D eigenvalue weighted by atomic mass is 9.83. The van der Waals surface area contributed by atoms with E-state index in [1.165, 1.54) is 7.11 Å². The van der Waals surface area contributed by atoms with Gasteiger partial charge in [0.25, 0.3) is 0 Å². The molecule has 1 N–H and O–H groups in total. The van der Waals surface area contributed by atoms with E-state index in [0.29, 0.717) is 28.1 Å². The zero-order valence-electron chi connectivity index (χ0n) is 14.0. The minimum absolute atomic E-state index is 0.0779. The summed E-state index contributed by atoms with van der Waals surface area (Å²) in [6, 6.07) is 12.0. The predicted octanol–water partition coefficient (Wildman–Crippen LogP) is 3.73. The van der Waals surface area contributed by atoms with E-state index < -0.39 is 11.4 Å². The highest BCUT2D eigenvalue weighted by molar-refractivity contribution is 6.04. The first-order valence-corrected chi connectivity index (χ1v) is 7.60. The molecular formula is C19H16N2O4. The molecule has 6 heteroatoms. The molecule has 0 saturated heterocycles. The van der Waals surface area contributed by atoms with E-state index in [1.54, 1.807) is 36.4 Å². The summed E-state index contributed by atoms with van der Waals surface area (Å²) in [5.41, 5.74) is 0.654. The van der Waals surface area contributed by atoms with Gasteiger partial charge in [-0.15, -0.1) is 0 Å². The van der Waals surface area contributed by atoms with Crippen LogP contribution in [0.15, 0.2) is 40.8 Å². The molecule has 0 amide bonds. The molecule has 0 atom stereocenters. The second-order valence-corrected chi connectivity index (χ2v) is 6.12. The van der Waals surface area contributed by atoms with Crippen molar-refractivity contribution in [2.75, 3.05) is 7.11 Å². The van der Waals surface area contributed by atoms with Crippen LogP contribution in [0, 0.1) is 11.3 Å². The third kappa shape index (κ3) is 2.70. The summed E-state index contributed by atoms with van der Waals surface area (Å²) >= 11 is 0. The topological polar surface area (TPSA) is 96.3 Å². The molecule has 126 valence electrons. The molecule has 0 aliphatic rings. The maximum Gasteiger partial charge on any atom is 0.339 e. The first-order chi connectivity index (χ1) is 11.9. The lowest BCUT2D eigenvalue weighted by molar-refractivity contribution is 0.0694. The van der Waals surface area contributed by atoms with Gasteiger partial charge in [-0.25, -0.2) is 9.78 Å². The molecule has 0 saturated carbocycles. The SMILES string of the molecule is COc1cccc(C(C)(C)c2oc3cc(C#N)ccc3c2C(=O)O)n1. The van der Waals surface area contributed by atoms with Crippen molar-refractivity contribution >= 4 is 16.9 Å². The molecule has 0 spiro atoms. The lowest BCUT2D eigenvalue weighted by Gasteiger charge is -2.22. The third-order valence-electron chi connectivity index (χ3n) is 4.17. The molecule has 0 fully saturated rings. The van der Waals surface area contributed by atoms with E-state index in [9.17, 15) is 9.90 Å². The number of aromatic carboxylic acids is 1. The van der Waals surface area contributed by atoms with Gasteiger partial charge in [0.05, 0.1) is 29.9 Å². The number of nitrogens with zero attached hydrogens (tertiary/aromatic N) is 2. The van der Waals surface area contributed by atoms with Gasteiger partial charge in [0.15, 0.2) is 0 Å². The maximum atomic E-state index is 11.9. The predicted molar refractivity (Wildman–Crippen MR) is 90.8 cm³/mol. The minimum Gasteiger partial charge on any atom is -0.481 e. The molecule has 25 heavy (non-hydrogen) atoms. The number of carbonyl (C=O) groups is 1. The molecule has 1 aromatic carbocycles. The lowest BCUT2D eigenvalue weighted by Crippen LogP contribution is -2.22. The summed E-state index contributed by atoms with van der Waals surface area (Å²) in [5.74, 6) is -0.370. The Hall–Kier alpha value is -3.33. The molecule has 2 heterocycles. The molecule has 0 aliphatic carbocycles. The highest BCUT2D eigenvalue weighted by atomic mass is 16.5. The van der Waals surface area contributed by atoms with Crippen molar-refractivity contribution in [2.45, 2.75) is 19.3 Å². The first kappa shape index (κ1) is 16.5. The van der Waals surface area contributed by atoms with Crippen molar-refractivity contribution in [2.24, 2.45) is 0 Å². The van der Waals surface area contributed by atoms with Crippen LogP contribution in [-0.4, -0.2) is 23.2 Å². The van der Waals surface area contributed by atoms with E-state index in [1.807, 2.05) is 19.9 Å². The van der Waals surface area contributed by atoms with Crippen molar-refractivity contribution in [1.82, 2.24) is 4.98 Å². The Labute approximate surface area is 144 Å². The summed E-state index contributed by atoms with van der Waals surface area (Å²) in [4.78, 5) is 16.3. The van der Waals surface area contributed by atoms with E-state index in [-0.39, 0.29) is 11.3 Å². The molecule has 3 aromatic rings. The normalized spacial score (nSPS) is 11.3. The van der Waals surface area contributed by atoms with Crippen LogP contribution in [0.5, 0.6) is 5.88 Å². The molecule has 0 aliphatic heterocycles. The smallest absolute Gasteiger partial charge is 0.339 e. The average molecular weight is 336 g/mol. The van der Waals surface area contributed by atoms with E-state index in [0.717, 1.165) is 0 Å². The Morgan fingerprint density at radius 2 is 2.08 bits per heavy atom. The van der Waals surface area contributed by atoms with E-state index >= 15 is 0 Å². The van der Waals surface area contributed by atoms with Crippen LogP contribution in [0.1, 0.15) is 41.2 Å². The molecular weight excluding hydrogens is 320 g/mol. The minimum atomic E-state index is -1.09. The molecule has 0 unspecified atom stereocenters. The van der Waals surface area contributed by atoms with Crippen LogP contribution in [-0.2, 0) is 5.41 Å². The number of pyridine rings is 1. The Bertz CT molecular complexity index is 1010. The Kier molecular flexibility index (Phi) is 3.93. The van der Waals surface area contributed by atoms with Crippen LogP contribution in [0.3, 0.4) is 0 Å². The average Bonchev–Trinajstić information content (AvgIpc) is 3.01. The Morgan fingerprint density at radius 3 is 2.72 bits per heavy atom. The van der Waals surface area contributed by atoms with Crippen LogP contribution < -0.4 is 4.74 Å². The van der Waals surface area contributed by atoms with Crippen molar-refractivity contribution in [3.8, 4) is 11.9 Å². The van der Waals surface area contributed by atoms with Gasteiger partial charge in [-0.1, -0.05) is 6.07 Å². The number of hydrogen-bond acceptors (Lipinski definition) is 5. The van der Waals surface area contributed by atoms with E-state index in [2.05, 4.69) is 4.98 Å². The number of benzene rings is 1. The van der Waals surface area contributed by atoms with Gasteiger partial charge in [0.1, 0.15) is 16.9 Å². The van der Waals surface area contributed by atoms with Crippen molar-refractivity contribution in [1.29, 1.82) is 5.26 Å². The number of aromatic nitrogens is 1. The van der Waals surface area contributed by atoms with Gasteiger partial charge in [-0.3, -0.25) is 0 Å². The highest BCUT2D eigenvalue weighted by Gasteiger charge is 2.35. The van der Waals surface area contributed by atoms with Crippen LogP contribution in [0.2, 0.25) is 0 Å². The summed E-state index contributed by atoms with van der Waals surface area (Å²) in [7, 11) is 1.52. The van der Waals surface area contributed by atoms with Gasteiger partial charge >= 0.3 is 5.97 Å². The number of ether oxygens (including phenoxy) is 1. The molecule has 6 nitrogen and oxygen atoms in total. The second kappa shape index (κ2) is 5.95. The molecule has 2 aromatic heterocycles. The number of carboxylic acids is 1. The number of methoxy groups -OCH3 is 1. The Balaban J connectivity index is 2.27. The first-order valence-electron chi connectivity index (χ1n) is 7.60. The van der Waals surface area contributed by atoms with Crippen LogP contribution >= 0.6 is 0 Å². The number of fused-ring (bicyclic) bond motifs is 1. The monoisotopic (exact) mass is 336 g/mol. The number of hydrogen-bond donors (Lipinski definition) is 1. The zero-order valence-corrected chi connectivity index (χ0v) is 14.0. The van der Waals surface area contributed by atoms with Crippen molar-refractivity contribution in [3.63, 3.8) is 0 Å². The van der Waals surface area contributed by atoms with Crippen LogP contribution in [0.4, 0.5) is 0 Å². The molecule has 0 radical (unpaired) electrons. The quantitative estimate of drug-likeness (QED) is 0.780. The fraction of sp³-hybridized carbons (Fsp3) is 0.211.